The molecule has 0 spiro atoms. The molecule has 0 amide bonds. The topological polar surface area (TPSA) is 129 Å². The van der Waals surface area contributed by atoms with Crippen LogP contribution in [-0.4, -0.2) is 33.5 Å². The van der Waals surface area contributed by atoms with E-state index in [0.29, 0.717) is 28.8 Å². The maximum Gasteiger partial charge on any atom is 0.294 e. The minimum atomic E-state index is -4.23. The van der Waals surface area contributed by atoms with E-state index in [2.05, 4.69) is 31.1 Å². The molecule has 0 saturated heterocycles. The first-order chi connectivity index (χ1) is 13.6. The number of aromatic nitrogens is 3. The third kappa shape index (κ3) is 5.87. The lowest BCUT2D eigenvalue weighted by molar-refractivity contribution is 0.483. The number of benzene rings is 1. The molecule has 29 heavy (non-hydrogen) atoms. The largest absolute Gasteiger partial charge is 0.350 e. The van der Waals surface area contributed by atoms with Crippen molar-refractivity contribution in [3.8, 4) is 11.4 Å². The normalized spacial score (nSPS) is 11.7. The maximum atomic E-state index is 11.1. The van der Waals surface area contributed by atoms with Gasteiger partial charge >= 0.3 is 0 Å². The molecular weight excluding hydrogens is 392 g/mol. The quantitative estimate of drug-likeness (QED) is 0.354. The lowest BCUT2D eigenvalue weighted by Gasteiger charge is -2.21. The Balaban J connectivity index is 1.85. The van der Waals surface area contributed by atoms with Crippen molar-refractivity contribution in [2.24, 2.45) is 0 Å². The molecule has 3 rings (SSSR count). The van der Waals surface area contributed by atoms with E-state index >= 15 is 0 Å². The predicted octanol–water partition coefficient (Wildman–Crippen LogP) is 3.43. The summed E-state index contributed by atoms with van der Waals surface area (Å²) >= 11 is 0. The molecule has 0 unspecified atom stereocenters. The van der Waals surface area contributed by atoms with E-state index < -0.39 is 10.1 Å². The second-order valence-electron chi connectivity index (χ2n) is 7.30. The Morgan fingerprint density at radius 2 is 1.66 bits per heavy atom. The molecule has 0 radical (unpaired) electrons. The first kappa shape index (κ1) is 20.5. The van der Waals surface area contributed by atoms with Crippen LogP contribution in [0.25, 0.3) is 11.4 Å². The van der Waals surface area contributed by atoms with Gasteiger partial charge in [-0.1, -0.05) is 6.07 Å². The van der Waals surface area contributed by atoms with Gasteiger partial charge < -0.3 is 5.32 Å². The number of anilines is 3. The fourth-order valence-electron chi connectivity index (χ4n) is 2.39. The summed E-state index contributed by atoms with van der Waals surface area (Å²) in [6.07, 6.45) is 1.69. The summed E-state index contributed by atoms with van der Waals surface area (Å²) in [5.41, 5.74) is 7.60. The van der Waals surface area contributed by atoms with E-state index in [1.165, 1.54) is 24.3 Å². The van der Waals surface area contributed by atoms with Crippen LogP contribution in [0.3, 0.4) is 0 Å². The summed E-state index contributed by atoms with van der Waals surface area (Å²) < 4.78 is 31.3. The van der Waals surface area contributed by atoms with E-state index in [-0.39, 0.29) is 10.4 Å². The number of nitrogens with zero attached hydrogens (tertiary/aromatic N) is 3. The third-order valence-electron chi connectivity index (χ3n) is 3.63. The first-order valence-electron chi connectivity index (χ1n) is 8.78. The molecule has 0 atom stereocenters. The Bertz CT molecular complexity index is 1080. The molecule has 4 N–H and O–H groups in total. The lowest BCUT2D eigenvalue weighted by Crippen LogP contribution is -2.27. The highest BCUT2D eigenvalue weighted by molar-refractivity contribution is 7.85. The Labute approximate surface area is 169 Å². The highest BCUT2D eigenvalue weighted by Crippen LogP contribution is 2.22. The molecule has 2 aromatic heterocycles. The Kier molecular flexibility index (Phi) is 5.66. The molecule has 0 bridgehead atoms. The van der Waals surface area contributed by atoms with Crippen LogP contribution in [0.1, 0.15) is 20.8 Å². The first-order valence-corrected chi connectivity index (χ1v) is 10.2. The van der Waals surface area contributed by atoms with Gasteiger partial charge in [0, 0.05) is 17.8 Å². The predicted molar refractivity (Wildman–Crippen MR) is 112 cm³/mol. The molecule has 0 aliphatic rings. The number of hydrogen-bond donors (Lipinski definition) is 4. The summed E-state index contributed by atoms with van der Waals surface area (Å²) in [5.74, 6) is 0.929. The third-order valence-corrected chi connectivity index (χ3v) is 4.50. The van der Waals surface area contributed by atoms with Crippen molar-refractivity contribution in [3.63, 3.8) is 0 Å². The van der Waals surface area contributed by atoms with Crippen molar-refractivity contribution >= 4 is 27.6 Å². The summed E-state index contributed by atoms with van der Waals surface area (Å²) in [7, 11) is -4.23. The zero-order valence-corrected chi connectivity index (χ0v) is 17.0. The minimum Gasteiger partial charge on any atom is -0.350 e. The van der Waals surface area contributed by atoms with Crippen LogP contribution in [0.4, 0.5) is 17.5 Å². The molecule has 0 aliphatic carbocycles. The van der Waals surface area contributed by atoms with Gasteiger partial charge in [-0.25, -0.2) is 4.98 Å². The summed E-state index contributed by atoms with van der Waals surface area (Å²) in [6.45, 7) is 6.02. The Morgan fingerprint density at radius 1 is 0.931 bits per heavy atom. The van der Waals surface area contributed by atoms with Gasteiger partial charge in [-0.05, 0) is 57.2 Å². The number of pyridine rings is 1. The number of nitrogens with one attached hydrogen (secondary N) is 3. The van der Waals surface area contributed by atoms with Crippen LogP contribution in [0.2, 0.25) is 0 Å². The van der Waals surface area contributed by atoms with Crippen molar-refractivity contribution in [3.05, 3.63) is 54.7 Å². The van der Waals surface area contributed by atoms with Crippen LogP contribution >= 0.6 is 0 Å². The fraction of sp³-hybridized carbons (Fsp3) is 0.211. The molecular formula is C19H22N6O3S. The summed E-state index contributed by atoms with van der Waals surface area (Å²) in [5, 5.41) is 3.24. The summed E-state index contributed by atoms with van der Waals surface area (Å²) in [4.78, 5) is 13.1. The van der Waals surface area contributed by atoms with Crippen molar-refractivity contribution in [1.29, 1.82) is 0 Å². The Morgan fingerprint density at radius 3 is 2.24 bits per heavy atom. The van der Waals surface area contributed by atoms with Gasteiger partial charge in [0.25, 0.3) is 10.1 Å². The lowest BCUT2D eigenvalue weighted by atomic mass is 10.1. The van der Waals surface area contributed by atoms with Gasteiger partial charge in [0.2, 0.25) is 5.95 Å². The van der Waals surface area contributed by atoms with Crippen LogP contribution < -0.4 is 16.2 Å². The van der Waals surface area contributed by atoms with Crippen LogP contribution in [0.5, 0.6) is 0 Å². The van der Waals surface area contributed by atoms with Crippen molar-refractivity contribution in [2.45, 2.75) is 31.2 Å². The van der Waals surface area contributed by atoms with Gasteiger partial charge in [0.15, 0.2) is 5.82 Å². The molecule has 0 fully saturated rings. The highest BCUT2D eigenvalue weighted by Gasteiger charge is 2.14. The second kappa shape index (κ2) is 8.02. The van der Waals surface area contributed by atoms with Gasteiger partial charge in [0.05, 0.1) is 22.0 Å². The molecule has 0 saturated carbocycles. The SMILES string of the molecule is CC(C)(C)Nc1nc(NNc2ccc(S(=O)(=O)O)cc2)cc(-c2ccccn2)n1. The number of hydrazine groups is 1. The van der Waals surface area contributed by atoms with Crippen molar-refractivity contribution in [2.75, 3.05) is 16.2 Å². The monoisotopic (exact) mass is 414 g/mol. The number of rotatable bonds is 6. The van der Waals surface area contributed by atoms with Crippen LogP contribution in [0, 0.1) is 0 Å². The Hall–Kier alpha value is -3.24. The minimum absolute atomic E-state index is 0.181. The second-order valence-corrected chi connectivity index (χ2v) is 8.72. The molecule has 10 heteroatoms. The molecule has 0 aliphatic heterocycles. The van der Waals surface area contributed by atoms with Crippen LogP contribution in [0.15, 0.2) is 59.6 Å². The standard InChI is InChI=1S/C19H22N6O3S/c1-19(2,3)23-18-21-16(15-6-4-5-11-20-15)12-17(22-18)25-24-13-7-9-14(10-8-13)29(26,27)28/h4-12,24H,1-3H3,(H,26,27,28)(H2,21,22,23,25). The number of hydrogen-bond acceptors (Lipinski definition) is 8. The van der Waals surface area contributed by atoms with E-state index in [9.17, 15) is 8.42 Å². The van der Waals surface area contributed by atoms with Crippen molar-refractivity contribution in [1.82, 2.24) is 15.0 Å². The van der Waals surface area contributed by atoms with Crippen molar-refractivity contribution < 1.29 is 13.0 Å². The van der Waals surface area contributed by atoms with Gasteiger partial charge in [-0.2, -0.15) is 13.4 Å². The van der Waals surface area contributed by atoms with Crippen LogP contribution in [-0.2, 0) is 10.1 Å². The molecule has 152 valence electrons. The van der Waals surface area contributed by atoms with E-state index in [1.807, 2.05) is 39.0 Å². The average Bonchev–Trinajstić information content (AvgIpc) is 2.65. The fourth-order valence-corrected chi connectivity index (χ4v) is 2.87. The van der Waals surface area contributed by atoms with E-state index in [0.717, 1.165) is 0 Å². The molecule has 2 heterocycles. The van der Waals surface area contributed by atoms with Gasteiger partial charge in [-0.15, -0.1) is 0 Å². The molecule has 9 nitrogen and oxygen atoms in total. The van der Waals surface area contributed by atoms with E-state index in [1.54, 1.807) is 12.3 Å². The smallest absolute Gasteiger partial charge is 0.294 e. The zero-order chi connectivity index (χ0) is 21.1. The molecule has 1 aromatic carbocycles. The van der Waals surface area contributed by atoms with Gasteiger partial charge in [0.1, 0.15) is 0 Å². The van der Waals surface area contributed by atoms with Gasteiger partial charge in [-0.3, -0.25) is 20.4 Å². The zero-order valence-electron chi connectivity index (χ0n) is 16.2. The summed E-state index contributed by atoms with van der Waals surface area (Å²) in [6, 6.07) is 12.9. The van der Waals surface area contributed by atoms with E-state index in [4.69, 9.17) is 4.55 Å². The molecule has 3 aromatic rings. The maximum absolute atomic E-state index is 11.1. The highest BCUT2D eigenvalue weighted by atomic mass is 32.2. The average molecular weight is 414 g/mol.